The summed E-state index contributed by atoms with van der Waals surface area (Å²) in [6, 6.07) is -1.11. The molecule has 16 heteroatoms. The van der Waals surface area contributed by atoms with E-state index in [-0.39, 0.29) is 59.3 Å². The second-order valence-electron chi connectivity index (χ2n) is 11.7. The molecule has 0 aromatic carbocycles. The second kappa shape index (κ2) is 11.0. The van der Waals surface area contributed by atoms with Crippen molar-refractivity contribution < 1.29 is 24.3 Å². The Hall–Kier alpha value is -3.08. The van der Waals surface area contributed by atoms with E-state index in [1.807, 2.05) is 11.8 Å². The number of rotatable bonds is 8. The number of aliphatic carboxylic acids is 1. The third-order valence-corrected chi connectivity index (χ3v) is 10.4. The predicted octanol–water partition coefficient (Wildman–Crippen LogP) is -2.21. The predicted molar refractivity (Wildman–Crippen MR) is 146 cm³/mol. The van der Waals surface area contributed by atoms with Gasteiger partial charge in [-0.3, -0.25) is 19.3 Å². The van der Waals surface area contributed by atoms with Gasteiger partial charge in [0.25, 0.3) is 0 Å². The Kier molecular flexibility index (Phi) is 7.50. The number of hydrogen-bond acceptors (Lipinski definition) is 11. The van der Waals surface area contributed by atoms with Crippen molar-refractivity contribution in [1.82, 2.24) is 45.5 Å². The molecule has 1 aromatic rings. The first kappa shape index (κ1) is 28.1. The van der Waals surface area contributed by atoms with Crippen LogP contribution in [-0.2, 0) is 32.3 Å². The van der Waals surface area contributed by atoms with E-state index in [4.69, 9.17) is 5.73 Å². The number of β-lactam (4-membered cyclic amide) rings is 1. The van der Waals surface area contributed by atoms with Crippen LogP contribution in [0, 0.1) is 11.8 Å². The van der Waals surface area contributed by atoms with Gasteiger partial charge in [-0.05, 0) is 30.2 Å². The number of aromatic nitrogens is 4. The number of carboxylic acid groups (broad SMARTS) is 1. The van der Waals surface area contributed by atoms with E-state index in [1.54, 1.807) is 16.5 Å². The van der Waals surface area contributed by atoms with Gasteiger partial charge in [-0.2, -0.15) is 0 Å². The van der Waals surface area contributed by atoms with Crippen LogP contribution >= 0.6 is 11.8 Å². The number of likely N-dealkylation sites (tertiary alicyclic amines) is 1. The molecular weight excluding hydrogens is 552 g/mol. The topological polar surface area (TPSA) is 192 Å². The van der Waals surface area contributed by atoms with E-state index in [1.165, 1.54) is 16.7 Å². The van der Waals surface area contributed by atoms with Crippen molar-refractivity contribution >= 4 is 35.5 Å². The maximum Gasteiger partial charge on any atom is 0.353 e. The number of carboxylic acids is 1. The van der Waals surface area contributed by atoms with Crippen molar-refractivity contribution in [2.75, 3.05) is 32.7 Å². The molecule has 3 saturated heterocycles. The Morgan fingerprint density at radius 1 is 1.27 bits per heavy atom. The Bertz CT molecular complexity index is 1290. The van der Waals surface area contributed by atoms with Gasteiger partial charge < -0.3 is 31.3 Å². The lowest BCUT2D eigenvalue weighted by molar-refractivity contribution is -0.158. The minimum Gasteiger partial charge on any atom is -0.477 e. The number of carbonyl (C=O) groups excluding carboxylic acids is 3. The Morgan fingerprint density at radius 2 is 2.07 bits per heavy atom. The van der Waals surface area contributed by atoms with Gasteiger partial charge >= 0.3 is 5.97 Å². The molecule has 0 saturated carbocycles. The first-order chi connectivity index (χ1) is 19.6. The van der Waals surface area contributed by atoms with Crippen molar-refractivity contribution in [2.45, 2.75) is 69.2 Å². The summed E-state index contributed by atoms with van der Waals surface area (Å²) in [5.74, 6) is -1.62. The first-order valence-corrected chi connectivity index (χ1v) is 15.0. The molecule has 5 N–H and O–H groups in total. The number of nitrogens with two attached hydrogens (primary N) is 1. The molecule has 222 valence electrons. The average Bonchev–Trinajstić information content (AvgIpc) is 3.71. The van der Waals surface area contributed by atoms with Crippen molar-refractivity contribution in [2.24, 2.45) is 17.6 Å². The number of thioether (sulfide) groups is 1. The molecule has 0 spiro atoms. The highest BCUT2D eigenvalue weighted by atomic mass is 32.2. The van der Waals surface area contributed by atoms with E-state index in [0.29, 0.717) is 56.4 Å². The van der Waals surface area contributed by atoms with Gasteiger partial charge in [-0.25, -0.2) is 9.48 Å². The third-order valence-electron chi connectivity index (χ3n) is 8.90. The zero-order valence-corrected chi connectivity index (χ0v) is 23.9. The van der Waals surface area contributed by atoms with Crippen LogP contribution in [-0.4, -0.2) is 126 Å². The van der Waals surface area contributed by atoms with Crippen molar-refractivity contribution in [3.8, 4) is 0 Å². The van der Waals surface area contributed by atoms with Crippen LogP contribution in [0.15, 0.2) is 10.6 Å². The SMILES string of the molecule is C[C@@H](NC(=O)CN1CCn2nnnc2C1)[C@H]1C(=O)N2C(C(=O)O)=C(SC3CNC(C(=O)N4CC[C@@H](N)C4)C3)[C@H](C)[C@H]12. The molecular formula is C25H36N10O5S. The maximum absolute atomic E-state index is 13.3. The highest BCUT2D eigenvalue weighted by Crippen LogP contribution is 2.51. The largest absolute Gasteiger partial charge is 0.477 e. The standard InChI is InChI=1S/C25H36N10O5S/c1-12-20-19(13(2)28-18(36)11-32-5-6-34-17(10-32)29-30-31-34)24(38)35(20)21(25(39)40)22(12)41-15-7-16(27-8-15)23(37)33-4-3-14(26)9-33/h12-16,19-20,27H,3-11,26H2,1-2H3,(H,28,36)(H,39,40)/t12-,13-,14-,15?,16?,19-,20-/m1/s1. The van der Waals surface area contributed by atoms with Crippen molar-refractivity contribution in [3.05, 3.63) is 16.4 Å². The van der Waals surface area contributed by atoms with E-state index >= 15 is 0 Å². The van der Waals surface area contributed by atoms with E-state index in [9.17, 15) is 24.3 Å². The zero-order valence-electron chi connectivity index (χ0n) is 23.1. The van der Waals surface area contributed by atoms with Crippen molar-refractivity contribution in [3.63, 3.8) is 0 Å². The minimum absolute atomic E-state index is 0.00180. The van der Waals surface area contributed by atoms with Crippen molar-refractivity contribution in [1.29, 1.82) is 0 Å². The molecule has 1 aromatic heterocycles. The number of fused-ring (bicyclic) bond motifs is 2. The molecule has 41 heavy (non-hydrogen) atoms. The quantitative estimate of drug-likeness (QED) is 0.240. The summed E-state index contributed by atoms with van der Waals surface area (Å²) in [5, 5.41) is 27.9. The lowest BCUT2D eigenvalue weighted by Gasteiger charge is -2.47. The van der Waals surface area contributed by atoms with E-state index < -0.39 is 17.9 Å². The van der Waals surface area contributed by atoms with Gasteiger partial charge in [-0.1, -0.05) is 6.92 Å². The number of nitrogens with zero attached hydrogens (tertiary/aromatic N) is 7. The summed E-state index contributed by atoms with van der Waals surface area (Å²) >= 11 is 1.45. The van der Waals surface area contributed by atoms with Crippen LogP contribution in [0.25, 0.3) is 0 Å². The molecule has 3 fully saturated rings. The van der Waals surface area contributed by atoms with Crippen LogP contribution < -0.4 is 16.4 Å². The normalized spacial score (nSPS) is 32.1. The lowest BCUT2D eigenvalue weighted by atomic mass is 9.78. The summed E-state index contributed by atoms with van der Waals surface area (Å²) in [7, 11) is 0. The number of nitrogens with one attached hydrogen (secondary N) is 2. The van der Waals surface area contributed by atoms with Gasteiger partial charge in [0.15, 0.2) is 5.82 Å². The number of hydrogen-bond donors (Lipinski definition) is 4. The van der Waals surface area contributed by atoms with Gasteiger partial charge in [0.2, 0.25) is 17.7 Å². The summed E-state index contributed by atoms with van der Waals surface area (Å²) < 4.78 is 1.71. The van der Waals surface area contributed by atoms with E-state index in [2.05, 4.69) is 26.2 Å². The molecule has 5 aliphatic heterocycles. The molecule has 5 aliphatic rings. The molecule has 0 bridgehead atoms. The van der Waals surface area contributed by atoms with Gasteiger partial charge in [0.1, 0.15) is 5.70 Å². The highest BCUT2D eigenvalue weighted by molar-refractivity contribution is 8.03. The molecule has 2 unspecified atom stereocenters. The van der Waals surface area contributed by atoms with Crippen LogP contribution in [0.5, 0.6) is 0 Å². The van der Waals surface area contributed by atoms with Crippen LogP contribution in [0.3, 0.4) is 0 Å². The van der Waals surface area contributed by atoms with Gasteiger partial charge in [0.05, 0.1) is 37.6 Å². The molecule has 3 amide bonds. The third kappa shape index (κ3) is 5.10. The van der Waals surface area contributed by atoms with Crippen LogP contribution in [0.4, 0.5) is 0 Å². The number of amides is 3. The number of tetrazole rings is 1. The molecule has 15 nitrogen and oxygen atoms in total. The van der Waals surface area contributed by atoms with Crippen LogP contribution in [0.2, 0.25) is 0 Å². The molecule has 7 atom stereocenters. The minimum atomic E-state index is -1.14. The van der Waals surface area contributed by atoms with Crippen LogP contribution in [0.1, 0.15) is 32.5 Å². The van der Waals surface area contributed by atoms with Gasteiger partial charge in [-0.15, -0.1) is 16.9 Å². The average molecular weight is 589 g/mol. The molecule has 0 radical (unpaired) electrons. The molecule has 6 rings (SSSR count). The fourth-order valence-electron chi connectivity index (χ4n) is 6.82. The fraction of sp³-hybridized carbons (Fsp3) is 0.720. The highest BCUT2D eigenvalue weighted by Gasteiger charge is 2.60. The Morgan fingerprint density at radius 3 is 2.80 bits per heavy atom. The molecule has 0 aliphatic carbocycles. The second-order valence-corrected chi connectivity index (χ2v) is 13.0. The summed E-state index contributed by atoms with van der Waals surface area (Å²) in [5.41, 5.74) is 5.99. The monoisotopic (exact) mass is 588 g/mol. The number of carbonyl (C=O) groups is 4. The molecule has 6 heterocycles. The summed E-state index contributed by atoms with van der Waals surface area (Å²) in [6.07, 6.45) is 1.38. The fourth-order valence-corrected chi connectivity index (χ4v) is 8.30. The smallest absolute Gasteiger partial charge is 0.353 e. The Balaban J connectivity index is 1.07. The maximum atomic E-state index is 13.3. The van der Waals surface area contributed by atoms with Gasteiger partial charge in [0, 0.05) is 54.3 Å². The first-order valence-electron chi connectivity index (χ1n) is 14.1. The lowest BCUT2D eigenvalue weighted by Crippen LogP contribution is -2.66. The Labute approximate surface area is 241 Å². The zero-order chi connectivity index (χ0) is 29.0. The summed E-state index contributed by atoms with van der Waals surface area (Å²) in [4.78, 5) is 57.2. The van der Waals surface area contributed by atoms with E-state index in [0.717, 1.165) is 6.42 Å². The summed E-state index contributed by atoms with van der Waals surface area (Å²) in [6.45, 7) is 7.39.